The fraction of sp³-hybridized carbons (Fsp3) is 0.389. The topological polar surface area (TPSA) is 44.9 Å². The van der Waals surface area contributed by atoms with Crippen LogP contribution in [-0.2, 0) is 6.54 Å². The van der Waals surface area contributed by atoms with E-state index in [-0.39, 0.29) is 0 Å². The van der Waals surface area contributed by atoms with Crippen molar-refractivity contribution in [1.82, 2.24) is 9.80 Å². The first-order valence-corrected chi connectivity index (χ1v) is 7.74. The summed E-state index contributed by atoms with van der Waals surface area (Å²) in [6.45, 7) is 10.7. The van der Waals surface area contributed by atoms with Crippen LogP contribution >= 0.6 is 0 Å². The van der Waals surface area contributed by atoms with E-state index in [1.54, 1.807) is 0 Å². The van der Waals surface area contributed by atoms with Gasteiger partial charge in [0.15, 0.2) is 0 Å². The van der Waals surface area contributed by atoms with Crippen LogP contribution in [0.25, 0.3) is 0 Å². The first-order chi connectivity index (χ1) is 10.6. The van der Waals surface area contributed by atoms with Gasteiger partial charge in [-0.3, -0.25) is 4.99 Å². The molecule has 0 amide bonds. The molecule has 0 unspecified atom stereocenters. The van der Waals surface area contributed by atoms with Gasteiger partial charge < -0.3 is 15.5 Å². The Kier molecular flexibility index (Phi) is 5.92. The van der Waals surface area contributed by atoms with E-state index >= 15 is 0 Å². The van der Waals surface area contributed by atoms with Crippen molar-refractivity contribution in [3.63, 3.8) is 0 Å². The summed E-state index contributed by atoms with van der Waals surface area (Å²) in [5.74, 6) is 0. The third-order valence-electron chi connectivity index (χ3n) is 4.05. The lowest BCUT2D eigenvalue weighted by atomic mass is 10.1. The maximum atomic E-state index is 5.70. The van der Waals surface area contributed by atoms with E-state index < -0.39 is 0 Å². The summed E-state index contributed by atoms with van der Waals surface area (Å²) in [5.41, 5.74) is 10.0. The summed E-state index contributed by atoms with van der Waals surface area (Å²) >= 11 is 0. The molecule has 1 aliphatic heterocycles. The minimum atomic E-state index is 0.552. The maximum absolute atomic E-state index is 5.70. The van der Waals surface area contributed by atoms with Crippen LogP contribution in [0.5, 0.6) is 0 Å². The highest BCUT2D eigenvalue weighted by Crippen LogP contribution is 2.11. The summed E-state index contributed by atoms with van der Waals surface area (Å²) in [6.07, 6.45) is 3.81. The van der Waals surface area contributed by atoms with Gasteiger partial charge in [-0.15, -0.1) is 0 Å². The summed E-state index contributed by atoms with van der Waals surface area (Å²) in [6, 6.07) is 8.21. The number of nitrogens with zero attached hydrogens (tertiary/aromatic N) is 3. The SMILES string of the molecule is C=C/C(=C\N=C(C)c1cccc(CN)c1)N1CCN(C)CC1. The van der Waals surface area contributed by atoms with E-state index in [2.05, 4.69) is 40.6 Å². The molecule has 0 aromatic heterocycles. The Morgan fingerprint density at radius 3 is 2.68 bits per heavy atom. The summed E-state index contributed by atoms with van der Waals surface area (Å²) in [5, 5.41) is 0. The van der Waals surface area contributed by atoms with Crippen molar-refractivity contribution in [3.8, 4) is 0 Å². The molecule has 0 spiro atoms. The van der Waals surface area contributed by atoms with Crippen molar-refractivity contribution in [2.45, 2.75) is 13.5 Å². The van der Waals surface area contributed by atoms with Gasteiger partial charge in [0, 0.05) is 38.4 Å². The van der Waals surface area contributed by atoms with Gasteiger partial charge in [0.2, 0.25) is 0 Å². The van der Waals surface area contributed by atoms with E-state index in [0.29, 0.717) is 6.54 Å². The number of rotatable bonds is 5. The molecule has 22 heavy (non-hydrogen) atoms. The van der Waals surface area contributed by atoms with E-state index in [9.17, 15) is 0 Å². The average Bonchev–Trinajstić information content (AvgIpc) is 2.56. The van der Waals surface area contributed by atoms with Gasteiger partial charge in [-0.05, 0) is 37.2 Å². The number of allylic oxidation sites excluding steroid dienone is 1. The molecule has 2 rings (SSSR count). The maximum Gasteiger partial charge on any atom is 0.0547 e. The molecule has 2 N–H and O–H groups in total. The lowest BCUT2D eigenvalue weighted by Gasteiger charge is -2.34. The van der Waals surface area contributed by atoms with Gasteiger partial charge in [0.25, 0.3) is 0 Å². The van der Waals surface area contributed by atoms with Crippen molar-refractivity contribution in [2.75, 3.05) is 33.2 Å². The van der Waals surface area contributed by atoms with Crippen LogP contribution in [0.1, 0.15) is 18.1 Å². The van der Waals surface area contributed by atoms with Crippen molar-refractivity contribution in [1.29, 1.82) is 0 Å². The number of aliphatic imine (C=N–C) groups is 1. The monoisotopic (exact) mass is 298 g/mol. The smallest absolute Gasteiger partial charge is 0.0547 e. The fourth-order valence-electron chi connectivity index (χ4n) is 2.49. The second-order valence-electron chi connectivity index (χ2n) is 5.67. The van der Waals surface area contributed by atoms with Gasteiger partial charge in [-0.1, -0.05) is 24.8 Å². The van der Waals surface area contributed by atoms with E-state index in [0.717, 1.165) is 48.7 Å². The highest BCUT2D eigenvalue weighted by molar-refractivity contribution is 5.99. The molecule has 4 nitrogen and oxygen atoms in total. The zero-order valence-corrected chi connectivity index (χ0v) is 13.6. The standard InChI is InChI=1S/C18H26N4/c1-4-18(22-10-8-21(3)9-11-22)14-20-15(2)17-7-5-6-16(12-17)13-19/h4-7,12,14H,1,8-11,13,19H2,2-3H3/b18-14+,20-15?. The number of piperazine rings is 1. The van der Waals surface area contributed by atoms with Gasteiger partial charge >= 0.3 is 0 Å². The minimum absolute atomic E-state index is 0.552. The van der Waals surface area contributed by atoms with E-state index in [4.69, 9.17) is 5.73 Å². The van der Waals surface area contributed by atoms with Crippen molar-refractivity contribution in [2.24, 2.45) is 10.7 Å². The van der Waals surface area contributed by atoms with Gasteiger partial charge in [-0.2, -0.15) is 0 Å². The largest absolute Gasteiger partial charge is 0.368 e. The highest BCUT2D eigenvalue weighted by atomic mass is 15.3. The minimum Gasteiger partial charge on any atom is -0.368 e. The zero-order chi connectivity index (χ0) is 15.9. The molecular weight excluding hydrogens is 272 g/mol. The second-order valence-corrected chi connectivity index (χ2v) is 5.67. The van der Waals surface area contributed by atoms with Crippen LogP contribution in [0.2, 0.25) is 0 Å². The Morgan fingerprint density at radius 2 is 2.05 bits per heavy atom. The van der Waals surface area contributed by atoms with Gasteiger partial charge in [0.1, 0.15) is 0 Å². The molecule has 0 bridgehead atoms. The highest BCUT2D eigenvalue weighted by Gasteiger charge is 2.14. The van der Waals surface area contributed by atoms with Gasteiger partial charge in [0.05, 0.1) is 11.9 Å². The molecule has 0 saturated carbocycles. The van der Waals surface area contributed by atoms with Gasteiger partial charge in [-0.25, -0.2) is 0 Å². The van der Waals surface area contributed by atoms with Crippen molar-refractivity contribution < 1.29 is 0 Å². The summed E-state index contributed by atoms with van der Waals surface area (Å²) < 4.78 is 0. The molecule has 1 heterocycles. The van der Waals surface area contributed by atoms with Crippen LogP contribution in [-0.4, -0.2) is 48.7 Å². The zero-order valence-electron chi connectivity index (χ0n) is 13.6. The Morgan fingerprint density at radius 1 is 1.32 bits per heavy atom. The third kappa shape index (κ3) is 4.29. The van der Waals surface area contributed by atoms with Crippen molar-refractivity contribution >= 4 is 5.71 Å². The number of likely N-dealkylation sites (N-methyl/N-ethyl adjacent to an activating group) is 1. The first-order valence-electron chi connectivity index (χ1n) is 7.74. The Hall–Kier alpha value is -1.91. The predicted octanol–water partition coefficient (Wildman–Crippen LogP) is 2.23. The predicted molar refractivity (Wildman–Crippen MR) is 93.9 cm³/mol. The molecule has 0 aliphatic carbocycles. The lowest BCUT2D eigenvalue weighted by molar-refractivity contribution is 0.190. The van der Waals surface area contributed by atoms with Crippen molar-refractivity contribution in [3.05, 3.63) is 59.9 Å². The molecule has 118 valence electrons. The number of benzene rings is 1. The quantitative estimate of drug-likeness (QED) is 0.670. The second kappa shape index (κ2) is 7.92. The molecule has 4 heteroatoms. The Labute approximate surface area is 133 Å². The number of nitrogens with two attached hydrogens (primary N) is 1. The summed E-state index contributed by atoms with van der Waals surface area (Å²) in [7, 11) is 2.15. The van der Waals surface area contributed by atoms with Crippen LogP contribution in [0, 0.1) is 0 Å². The van der Waals surface area contributed by atoms with Crippen LogP contribution in [0.4, 0.5) is 0 Å². The average molecular weight is 298 g/mol. The van der Waals surface area contributed by atoms with E-state index in [1.165, 1.54) is 0 Å². The lowest BCUT2D eigenvalue weighted by Crippen LogP contribution is -2.43. The summed E-state index contributed by atoms with van der Waals surface area (Å²) in [4.78, 5) is 9.29. The molecule has 0 atom stereocenters. The Balaban J connectivity index is 2.13. The van der Waals surface area contributed by atoms with E-state index in [1.807, 2.05) is 31.3 Å². The Bertz CT molecular complexity index is 566. The number of hydrogen-bond acceptors (Lipinski definition) is 4. The third-order valence-corrected chi connectivity index (χ3v) is 4.05. The normalized spacial score (nSPS) is 17.7. The van der Waals surface area contributed by atoms with Crippen LogP contribution < -0.4 is 5.73 Å². The molecule has 1 saturated heterocycles. The molecule has 1 fully saturated rings. The fourth-order valence-corrected chi connectivity index (χ4v) is 2.49. The molecular formula is C18H26N4. The molecule has 1 aromatic carbocycles. The molecule has 1 aromatic rings. The number of hydrogen-bond donors (Lipinski definition) is 1. The first kappa shape index (κ1) is 16.5. The van der Waals surface area contributed by atoms with Crippen LogP contribution in [0.15, 0.2) is 53.8 Å². The molecule has 1 aliphatic rings. The van der Waals surface area contributed by atoms with Crippen LogP contribution in [0.3, 0.4) is 0 Å². The molecule has 0 radical (unpaired) electrons.